The zero-order valence-electron chi connectivity index (χ0n) is 9.28. The van der Waals surface area contributed by atoms with Crippen molar-refractivity contribution in [1.29, 1.82) is 0 Å². The van der Waals surface area contributed by atoms with Gasteiger partial charge in [-0.05, 0) is 17.0 Å². The Kier molecular flexibility index (Phi) is 3.31. The van der Waals surface area contributed by atoms with Crippen LogP contribution in [0.2, 0.25) is 0 Å². The third kappa shape index (κ3) is 2.95. The van der Waals surface area contributed by atoms with Gasteiger partial charge in [0.25, 0.3) is 0 Å². The van der Waals surface area contributed by atoms with Gasteiger partial charge in [0.1, 0.15) is 0 Å². The number of rotatable bonds is 1. The van der Waals surface area contributed by atoms with Crippen molar-refractivity contribution >= 4 is 11.6 Å². The minimum atomic E-state index is -0.00769. The predicted molar refractivity (Wildman–Crippen MR) is 61.3 cm³/mol. The van der Waals surface area contributed by atoms with Gasteiger partial charge in [0.2, 0.25) is 5.96 Å². The predicted octanol–water partition coefficient (Wildman–Crippen LogP) is 1.91. The van der Waals surface area contributed by atoms with Crippen LogP contribution in [0.25, 0.3) is 0 Å². The summed E-state index contributed by atoms with van der Waals surface area (Å²) in [5, 5.41) is 8.58. The van der Waals surface area contributed by atoms with Gasteiger partial charge < -0.3 is 5.73 Å². The number of nitrogens with zero attached hydrogens (tertiary/aromatic N) is 1. The number of para-hydroxylation sites is 1. The van der Waals surface area contributed by atoms with E-state index in [-0.39, 0.29) is 11.4 Å². The lowest BCUT2D eigenvalue weighted by atomic mass is 9.86. The number of nitrogens with one attached hydrogen (secondary N) is 1. The van der Waals surface area contributed by atoms with Crippen molar-refractivity contribution < 1.29 is 5.21 Å². The molecule has 0 spiro atoms. The number of hydrogen-bond donors (Lipinski definition) is 3. The highest BCUT2D eigenvalue weighted by Gasteiger charge is 2.17. The summed E-state index contributed by atoms with van der Waals surface area (Å²) < 4.78 is 0. The maximum absolute atomic E-state index is 8.58. The zero-order valence-corrected chi connectivity index (χ0v) is 9.28. The van der Waals surface area contributed by atoms with Gasteiger partial charge >= 0.3 is 0 Å². The van der Waals surface area contributed by atoms with Crippen LogP contribution in [0.1, 0.15) is 26.3 Å². The molecule has 0 heterocycles. The second-order valence-electron chi connectivity index (χ2n) is 4.38. The molecule has 0 aromatic heterocycles. The molecule has 0 atom stereocenters. The fraction of sp³-hybridized carbons (Fsp3) is 0.364. The van der Waals surface area contributed by atoms with Gasteiger partial charge in [-0.3, -0.25) is 5.21 Å². The first-order valence-corrected chi connectivity index (χ1v) is 4.79. The van der Waals surface area contributed by atoms with Crippen LogP contribution in [-0.2, 0) is 5.41 Å². The van der Waals surface area contributed by atoms with Crippen LogP contribution in [0.5, 0.6) is 0 Å². The van der Waals surface area contributed by atoms with Gasteiger partial charge in [0.15, 0.2) is 0 Å². The second-order valence-corrected chi connectivity index (χ2v) is 4.38. The molecule has 0 aliphatic heterocycles. The summed E-state index contributed by atoms with van der Waals surface area (Å²) in [6.07, 6.45) is 0. The fourth-order valence-corrected chi connectivity index (χ4v) is 1.36. The van der Waals surface area contributed by atoms with E-state index in [0.29, 0.717) is 0 Å². The van der Waals surface area contributed by atoms with Crippen LogP contribution in [0.4, 0.5) is 5.69 Å². The Morgan fingerprint density at radius 1 is 1.33 bits per heavy atom. The molecule has 4 N–H and O–H groups in total. The molecule has 0 aliphatic carbocycles. The fourth-order valence-electron chi connectivity index (χ4n) is 1.36. The Labute approximate surface area is 89.8 Å². The maximum atomic E-state index is 8.58. The third-order valence-corrected chi connectivity index (χ3v) is 2.07. The number of guanidine groups is 1. The number of hydrogen-bond acceptors (Lipinski definition) is 2. The lowest BCUT2D eigenvalue weighted by Crippen LogP contribution is -2.28. The molecule has 0 saturated carbocycles. The summed E-state index contributed by atoms with van der Waals surface area (Å²) in [4.78, 5) is 4.08. The van der Waals surface area contributed by atoms with Gasteiger partial charge in [-0.1, -0.05) is 39.0 Å². The molecule has 15 heavy (non-hydrogen) atoms. The summed E-state index contributed by atoms with van der Waals surface area (Å²) >= 11 is 0. The highest BCUT2D eigenvalue weighted by molar-refractivity contribution is 5.80. The molecular weight excluding hydrogens is 190 g/mol. The Morgan fingerprint density at radius 2 is 1.93 bits per heavy atom. The smallest absolute Gasteiger partial charge is 0.218 e. The van der Waals surface area contributed by atoms with Crippen molar-refractivity contribution in [3.05, 3.63) is 29.8 Å². The lowest BCUT2D eigenvalue weighted by Gasteiger charge is -2.20. The maximum Gasteiger partial charge on any atom is 0.218 e. The van der Waals surface area contributed by atoms with Crippen molar-refractivity contribution in [2.24, 2.45) is 10.7 Å². The topological polar surface area (TPSA) is 70.6 Å². The van der Waals surface area contributed by atoms with Crippen LogP contribution in [-0.4, -0.2) is 11.2 Å². The average molecular weight is 207 g/mol. The van der Waals surface area contributed by atoms with E-state index in [9.17, 15) is 0 Å². The largest absolute Gasteiger partial charge is 0.368 e. The molecule has 0 fully saturated rings. The molecule has 1 aromatic carbocycles. The highest BCUT2D eigenvalue weighted by atomic mass is 16.5. The average Bonchev–Trinajstić information content (AvgIpc) is 2.17. The van der Waals surface area contributed by atoms with Gasteiger partial charge in [0, 0.05) is 0 Å². The quantitative estimate of drug-likeness (QED) is 0.374. The van der Waals surface area contributed by atoms with Gasteiger partial charge in [-0.2, -0.15) is 0 Å². The summed E-state index contributed by atoms with van der Waals surface area (Å²) in [7, 11) is 0. The van der Waals surface area contributed by atoms with Crippen molar-refractivity contribution in [2.45, 2.75) is 26.2 Å². The Bertz CT molecular complexity index is 366. The highest BCUT2D eigenvalue weighted by Crippen LogP contribution is 2.30. The van der Waals surface area contributed by atoms with E-state index < -0.39 is 0 Å². The molecule has 0 aliphatic rings. The first kappa shape index (κ1) is 11.5. The van der Waals surface area contributed by atoms with Crippen molar-refractivity contribution in [1.82, 2.24) is 5.48 Å². The molecule has 4 nitrogen and oxygen atoms in total. The van der Waals surface area contributed by atoms with Gasteiger partial charge in [-0.25, -0.2) is 10.5 Å². The summed E-state index contributed by atoms with van der Waals surface area (Å²) in [5.41, 5.74) is 9.08. The molecule has 4 heteroatoms. The van der Waals surface area contributed by atoms with Crippen molar-refractivity contribution in [3.8, 4) is 0 Å². The second kappa shape index (κ2) is 4.31. The van der Waals surface area contributed by atoms with E-state index in [1.54, 1.807) is 0 Å². The molecule has 0 unspecified atom stereocenters. The molecule has 0 saturated heterocycles. The number of hydroxylamine groups is 1. The lowest BCUT2D eigenvalue weighted by molar-refractivity contribution is 0.233. The van der Waals surface area contributed by atoms with E-state index in [1.165, 1.54) is 0 Å². The summed E-state index contributed by atoms with van der Waals surface area (Å²) in [5.74, 6) is -0.00769. The first-order valence-electron chi connectivity index (χ1n) is 4.79. The molecule has 82 valence electrons. The van der Waals surface area contributed by atoms with Crippen LogP contribution >= 0.6 is 0 Å². The van der Waals surface area contributed by atoms with Crippen LogP contribution in [0.3, 0.4) is 0 Å². The minimum Gasteiger partial charge on any atom is -0.368 e. The van der Waals surface area contributed by atoms with E-state index in [2.05, 4.69) is 25.8 Å². The SMILES string of the molecule is CC(C)(C)c1ccccc1N=C(N)NO. The number of aliphatic imine (C=N–C) groups is 1. The Balaban J connectivity index is 3.19. The van der Waals surface area contributed by atoms with E-state index in [1.807, 2.05) is 29.7 Å². The summed E-state index contributed by atoms with van der Waals surface area (Å²) in [6.45, 7) is 6.30. The normalized spacial score (nSPS) is 12.7. The monoisotopic (exact) mass is 207 g/mol. The van der Waals surface area contributed by atoms with Gasteiger partial charge in [-0.15, -0.1) is 0 Å². The molecule has 0 amide bonds. The number of benzene rings is 1. The Hall–Kier alpha value is -1.55. The molecule has 1 rings (SSSR count). The number of nitrogens with two attached hydrogens (primary N) is 1. The van der Waals surface area contributed by atoms with Crippen molar-refractivity contribution in [3.63, 3.8) is 0 Å². The van der Waals surface area contributed by atoms with Crippen molar-refractivity contribution in [2.75, 3.05) is 0 Å². The van der Waals surface area contributed by atoms with Crippen LogP contribution in [0.15, 0.2) is 29.3 Å². The standard InChI is InChI=1S/C11H17N3O/c1-11(2,3)8-6-4-5-7-9(8)13-10(12)14-15/h4-7,15H,1-3H3,(H3,12,13,14). The van der Waals surface area contributed by atoms with Crippen LogP contribution in [0, 0.1) is 0 Å². The Morgan fingerprint density at radius 3 is 2.47 bits per heavy atom. The molecule has 1 aromatic rings. The van der Waals surface area contributed by atoms with E-state index in [4.69, 9.17) is 10.9 Å². The van der Waals surface area contributed by atoms with Crippen LogP contribution < -0.4 is 11.2 Å². The summed E-state index contributed by atoms with van der Waals surface area (Å²) in [6, 6.07) is 7.72. The molecule has 0 radical (unpaired) electrons. The van der Waals surface area contributed by atoms with Gasteiger partial charge in [0.05, 0.1) is 5.69 Å². The van der Waals surface area contributed by atoms with E-state index >= 15 is 0 Å². The molecular formula is C11H17N3O. The van der Waals surface area contributed by atoms with E-state index in [0.717, 1.165) is 11.3 Å². The first-order chi connectivity index (χ1) is 6.95. The third-order valence-electron chi connectivity index (χ3n) is 2.07. The zero-order chi connectivity index (χ0) is 11.5. The minimum absolute atomic E-state index is 0.00414. The molecule has 0 bridgehead atoms.